The summed E-state index contributed by atoms with van der Waals surface area (Å²) in [6.45, 7) is 3.80. The normalized spacial score (nSPS) is 15.1. The van der Waals surface area contributed by atoms with E-state index >= 15 is 0 Å². The minimum atomic E-state index is -0.452. The van der Waals surface area contributed by atoms with Crippen molar-refractivity contribution in [1.29, 1.82) is 0 Å². The zero-order valence-corrected chi connectivity index (χ0v) is 9.95. The van der Waals surface area contributed by atoms with Crippen molar-refractivity contribution in [2.24, 2.45) is 5.73 Å². The molecular weight excluding hydrogens is 196 g/mol. The molecule has 0 radical (unpaired) electrons. The van der Waals surface area contributed by atoms with Gasteiger partial charge in [0.1, 0.15) is 0 Å². The fourth-order valence-electron chi connectivity index (χ4n) is 1.35. The number of carbonyl (C=O) groups excluding carboxylic acids is 1. The topological polar surface area (TPSA) is 73.6 Å². The smallest absolute Gasteiger partial charge is 0.237 e. The molecule has 3 N–H and O–H groups in total. The molecule has 2 atom stereocenters. The van der Waals surface area contributed by atoms with Crippen molar-refractivity contribution in [1.82, 2.24) is 5.32 Å². The molecule has 0 aromatic carbocycles. The first-order valence-corrected chi connectivity index (χ1v) is 5.18. The van der Waals surface area contributed by atoms with Gasteiger partial charge in [-0.15, -0.1) is 0 Å². The minimum absolute atomic E-state index is 0.163. The second kappa shape index (κ2) is 7.62. The van der Waals surface area contributed by atoms with Crippen LogP contribution in [0.15, 0.2) is 0 Å². The lowest BCUT2D eigenvalue weighted by Crippen LogP contribution is -2.49. The third kappa shape index (κ3) is 5.11. The van der Waals surface area contributed by atoms with Crippen molar-refractivity contribution in [3.05, 3.63) is 0 Å². The van der Waals surface area contributed by atoms with Gasteiger partial charge in [-0.2, -0.15) is 0 Å². The summed E-state index contributed by atoms with van der Waals surface area (Å²) in [4.78, 5) is 11.5. The van der Waals surface area contributed by atoms with Crippen LogP contribution in [-0.4, -0.2) is 38.5 Å². The van der Waals surface area contributed by atoms with E-state index in [0.717, 1.165) is 6.42 Å². The SMILES string of the molecule is CCC[C@@H](N)C(=O)NC(C)C(OC)OC. The predicted octanol–water partition coefficient (Wildman–Crippen LogP) is 0.237. The number of carbonyl (C=O) groups is 1. The van der Waals surface area contributed by atoms with Gasteiger partial charge in [0.05, 0.1) is 12.1 Å². The molecule has 0 aliphatic heterocycles. The van der Waals surface area contributed by atoms with Gasteiger partial charge in [0.15, 0.2) is 6.29 Å². The number of hydrogen-bond donors (Lipinski definition) is 2. The summed E-state index contributed by atoms with van der Waals surface area (Å²) in [5.74, 6) is -0.163. The lowest BCUT2D eigenvalue weighted by Gasteiger charge is -2.23. The Morgan fingerprint density at radius 1 is 1.40 bits per heavy atom. The van der Waals surface area contributed by atoms with E-state index < -0.39 is 12.3 Å². The quantitative estimate of drug-likeness (QED) is 0.600. The fraction of sp³-hybridized carbons (Fsp3) is 0.900. The Morgan fingerprint density at radius 3 is 2.33 bits per heavy atom. The lowest BCUT2D eigenvalue weighted by molar-refractivity contribution is -0.136. The monoisotopic (exact) mass is 218 g/mol. The second-order valence-corrected chi connectivity index (χ2v) is 3.53. The Labute approximate surface area is 91.3 Å². The second-order valence-electron chi connectivity index (χ2n) is 3.53. The molecule has 1 amide bonds. The zero-order chi connectivity index (χ0) is 11.8. The highest BCUT2D eigenvalue weighted by Crippen LogP contribution is 2.00. The minimum Gasteiger partial charge on any atom is -0.354 e. The number of amides is 1. The van der Waals surface area contributed by atoms with Crippen LogP contribution in [0.3, 0.4) is 0 Å². The van der Waals surface area contributed by atoms with E-state index in [9.17, 15) is 4.79 Å². The summed E-state index contributed by atoms with van der Waals surface area (Å²) in [5.41, 5.74) is 5.67. The number of rotatable bonds is 7. The molecule has 0 aliphatic rings. The molecule has 0 spiro atoms. The van der Waals surface area contributed by atoms with Gasteiger partial charge in [-0.25, -0.2) is 0 Å². The van der Waals surface area contributed by atoms with Crippen LogP contribution >= 0.6 is 0 Å². The van der Waals surface area contributed by atoms with Gasteiger partial charge in [-0.05, 0) is 13.3 Å². The van der Waals surface area contributed by atoms with Gasteiger partial charge in [-0.3, -0.25) is 4.79 Å². The third-order valence-electron chi connectivity index (χ3n) is 2.18. The highest BCUT2D eigenvalue weighted by atomic mass is 16.7. The maximum absolute atomic E-state index is 11.5. The van der Waals surface area contributed by atoms with Crippen LogP contribution in [0.1, 0.15) is 26.7 Å². The van der Waals surface area contributed by atoms with E-state index in [2.05, 4.69) is 5.32 Å². The standard InChI is InChI=1S/C10H22N2O3/c1-5-6-8(11)9(13)12-7(2)10(14-3)15-4/h7-8,10H,5-6,11H2,1-4H3,(H,12,13)/t7?,8-/m1/s1. The maximum atomic E-state index is 11.5. The maximum Gasteiger partial charge on any atom is 0.237 e. The van der Waals surface area contributed by atoms with Crippen LogP contribution < -0.4 is 11.1 Å². The van der Waals surface area contributed by atoms with E-state index in [0.29, 0.717) is 6.42 Å². The average molecular weight is 218 g/mol. The predicted molar refractivity (Wildman–Crippen MR) is 58.3 cm³/mol. The molecule has 0 saturated carbocycles. The third-order valence-corrected chi connectivity index (χ3v) is 2.18. The van der Waals surface area contributed by atoms with E-state index in [4.69, 9.17) is 15.2 Å². The molecule has 0 saturated heterocycles. The summed E-state index contributed by atoms with van der Waals surface area (Å²) in [6, 6.07) is -0.665. The molecule has 15 heavy (non-hydrogen) atoms. The van der Waals surface area contributed by atoms with Crippen molar-refractivity contribution in [3.63, 3.8) is 0 Å². The van der Waals surface area contributed by atoms with Gasteiger partial charge >= 0.3 is 0 Å². The number of nitrogens with two attached hydrogens (primary N) is 1. The van der Waals surface area contributed by atoms with Gasteiger partial charge in [0, 0.05) is 14.2 Å². The fourth-order valence-corrected chi connectivity index (χ4v) is 1.35. The van der Waals surface area contributed by atoms with Crippen LogP contribution in [0.4, 0.5) is 0 Å². The molecule has 0 aromatic rings. The lowest BCUT2D eigenvalue weighted by atomic mass is 10.1. The van der Waals surface area contributed by atoms with E-state index in [-0.39, 0.29) is 11.9 Å². The highest BCUT2D eigenvalue weighted by Gasteiger charge is 2.20. The number of methoxy groups -OCH3 is 2. The van der Waals surface area contributed by atoms with Crippen molar-refractivity contribution < 1.29 is 14.3 Å². The van der Waals surface area contributed by atoms with E-state index in [1.54, 1.807) is 0 Å². The Morgan fingerprint density at radius 2 is 1.93 bits per heavy atom. The largest absolute Gasteiger partial charge is 0.354 e. The van der Waals surface area contributed by atoms with Gasteiger partial charge < -0.3 is 20.5 Å². The van der Waals surface area contributed by atoms with Crippen LogP contribution in [-0.2, 0) is 14.3 Å². The average Bonchev–Trinajstić information content (AvgIpc) is 2.19. The van der Waals surface area contributed by atoms with Crippen molar-refractivity contribution in [3.8, 4) is 0 Å². The van der Waals surface area contributed by atoms with Crippen LogP contribution in [0.5, 0.6) is 0 Å². The number of nitrogens with one attached hydrogen (secondary N) is 1. The Kier molecular flexibility index (Phi) is 7.29. The van der Waals surface area contributed by atoms with Crippen LogP contribution in [0.25, 0.3) is 0 Å². The summed E-state index contributed by atoms with van der Waals surface area (Å²) in [6.07, 6.45) is 1.13. The molecule has 1 unspecified atom stereocenters. The Bertz CT molecular complexity index is 184. The van der Waals surface area contributed by atoms with Crippen molar-refractivity contribution in [2.45, 2.75) is 45.1 Å². The summed E-state index contributed by atoms with van der Waals surface area (Å²) in [5, 5.41) is 2.75. The Balaban J connectivity index is 4.04. The first-order valence-electron chi connectivity index (χ1n) is 5.18. The van der Waals surface area contributed by atoms with Crippen molar-refractivity contribution >= 4 is 5.91 Å². The summed E-state index contributed by atoms with van der Waals surface area (Å²) in [7, 11) is 3.06. The summed E-state index contributed by atoms with van der Waals surface area (Å²) < 4.78 is 10.0. The molecule has 0 aromatic heterocycles. The molecule has 0 fully saturated rings. The van der Waals surface area contributed by atoms with E-state index in [1.165, 1.54) is 14.2 Å². The van der Waals surface area contributed by atoms with Crippen LogP contribution in [0.2, 0.25) is 0 Å². The van der Waals surface area contributed by atoms with Gasteiger partial charge in [-0.1, -0.05) is 13.3 Å². The molecule has 0 heterocycles. The Hall–Kier alpha value is -0.650. The molecule has 0 bridgehead atoms. The molecule has 0 rings (SSSR count). The molecule has 90 valence electrons. The van der Waals surface area contributed by atoms with Crippen molar-refractivity contribution in [2.75, 3.05) is 14.2 Å². The van der Waals surface area contributed by atoms with E-state index in [1.807, 2.05) is 13.8 Å². The molecule has 5 nitrogen and oxygen atoms in total. The van der Waals surface area contributed by atoms with Gasteiger partial charge in [0.2, 0.25) is 5.91 Å². The first kappa shape index (κ1) is 14.3. The molecular formula is C10H22N2O3. The summed E-state index contributed by atoms with van der Waals surface area (Å²) >= 11 is 0. The number of hydrogen-bond acceptors (Lipinski definition) is 4. The number of ether oxygens (including phenoxy) is 2. The zero-order valence-electron chi connectivity index (χ0n) is 9.95. The van der Waals surface area contributed by atoms with Gasteiger partial charge in [0.25, 0.3) is 0 Å². The molecule has 5 heteroatoms. The highest BCUT2D eigenvalue weighted by molar-refractivity contribution is 5.81. The van der Waals surface area contributed by atoms with Crippen LogP contribution in [0, 0.1) is 0 Å². The molecule has 0 aliphatic carbocycles. The first-order chi connectivity index (χ1) is 7.06.